The molecule has 0 aliphatic rings. The Kier molecular flexibility index (Phi) is 3.23. The summed E-state index contributed by atoms with van der Waals surface area (Å²) >= 11 is 1.51. The fourth-order valence-electron chi connectivity index (χ4n) is 1.82. The molecule has 7 heteroatoms. The molecule has 3 heterocycles. The predicted molar refractivity (Wildman–Crippen MR) is 74.3 cm³/mol. The van der Waals surface area contributed by atoms with Gasteiger partial charge >= 0.3 is 0 Å². The Morgan fingerprint density at radius 2 is 2.35 bits per heavy atom. The highest BCUT2D eigenvalue weighted by Gasteiger charge is 2.09. The molecule has 0 saturated carbocycles. The van der Waals surface area contributed by atoms with Crippen LogP contribution in [0, 0.1) is 11.3 Å². The molecule has 1 N–H and O–H groups in total. The number of thioether (sulfide) groups is 1. The minimum Gasteiger partial charge on any atom is -0.306 e. The van der Waals surface area contributed by atoms with Crippen molar-refractivity contribution in [3.8, 4) is 6.07 Å². The first-order valence-electron chi connectivity index (χ1n) is 5.82. The van der Waals surface area contributed by atoms with Gasteiger partial charge in [0.1, 0.15) is 11.6 Å². The van der Waals surface area contributed by atoms with Crippen LogP contribution in [0.25, 0.3) is 5.65 Å². The third kappa shape index (κ3) is 2.29. The SMILES string of the molecule is N#Cc1cnn2c(CSc3ccccn3)cc(=O)[nH]c12. The fourth-order valence-corrected chi connectivity index (χ4v) is 2.63. The Hall–Kier alpha value is -2.59. The van der Waals surface area contributed by atoms with Crippen molar-refractivity contribution in [3.05, 3.63) is 58.3 Å². The number of pyridine rings is 1. The van der Waals surface area contributed by atoms with Crippen molar-refractivity contribution in [2.24, 2.45) is 0 Å². The molecule has 0 aliphatic carbocycles. The van der Waals surface area contributed by atoms with Crippen molar-refractivity contribution in [1.82, 2.24) is 19.6 Å². The third-order valence-electron chi connectivity index (χ3n) is 2.71. The van der Waals surface area contributed by atoms with Crippen molar-refractivity contribution in [1.29, 1.82) is 5.26 Å². The molecular formula is C13H9N5OS. The summed E-state index contributed by atoms with van der Waals surface area (Å²) in [5.74, 6) is 0.546. The number of hydrogen-bond acceptors (Lipinski definition) is 5. The van der Waals surface area contributed by atoms with Crippen LogP contribution in [0.2, 0.25) is 0 Å². The Labute approximate surface area is 118 Å². The summed E-state index contributed by atoms with van der Waals surface area (Å²) in [5.41, 5.74) is 1.26. The fraction of sp³-hybridized carbons (Fsp3) is 0.0769. The zero-order valence-electron chi connectivity index (χ0n) is 10.3. The van der Waals surface area contributed by atoms with Crippen molar-refractivity contribution in [2.75, 3.05) is 0 Å². The summed E-state index contributed by atoms with van der Waals surface area (Å²) in [6.45, 7) is 0. The van der Waals surface area contributed by atoms with Gasteiger partial charge in [-0.15, -0.1) is 11.8 Å². The monoisotopic (exact) mass is 283 g/mol. The maximum atomic E-state index is 11.7. The first-order valence-corrected chi connectivity index (χ1v) is 6.80. The number of nitrogens with zero attached hydrogens (tertiary/aromatic N) is 4. The van der Waals surface area contributed by atoms with Crippen LogP contribution >= 0.6 is 11.8 Å². The largest absolute Gasteiger partial charge is 0.306 e. The standard InChI is InChI=1S/C13H9N5OS/c14-6-9-7-16-18-10(5-11(19)17-13(9)18)8-20-12-3-1-2-4-15-12/h1-5,7H,8H2,(H,17,19). The molecular weight excluding hydrogens is 274 g/mol. The van der Waals surface area contributed by atoms with Gasteiger partial charge in [0.05, 0.1) is 16.9 Å². The highest BCUT2D eigenvalue weighted by Crippen LogP contribution is 2.20. The number of hydrogen-bond donors (Lipinski definition) is 1. The van der Waals surface area contributed by atoms with Crippen LogP contribution < -0.4 is 5.56 Å². The zero-order valence-corrected chi connectivity index (χ0v) is 11.1. The Balaban J connectivity index is 1.98. The van der Waals surface area contributed by atoms with E-state index >= 15 is 0 Å². The number of nitriles is 1. The summed E-state index contributed by atoms with van der Waals surface area (Å²) in [5, 5.41) is 14.0. The van der Waals surface area contributed by atoms with Crippen LogP contribution in [0.5, 0.6) is 0 Å². The van der Waals surface area contributed by atoms with E-state index in [1.165, 1.54) is 24.0 Å². The van der Waals surface area contributed by atoms with Crippen LogP contribution in [0.4, 0.5) is 0 Å². The van der Waals surface area contributed by atoms with Crippen LogP contribution in [-0.2, 0) is 5.75 Å². The Bertz CT molecular complexity index is 847. The van der Waals surface area contributed by atoms with Crippen molar-refractivity contribution < 1.29 is 0 Å². The van der Waals surface area contributed by atoms with Crippen LogP contribution in [0.3, 0.4) is 0 Å². The summed E-state index contributed by atoms with van der Waals surface area (Å²) in [6.07, 6.45) is 3.16. The molecule has 0 bridgehead atoms. The molecule has 0 spiro atoms. The maximum Gasteiger partial charge on any atom is 0.251 e. The van der Waals surface area contributed by atoms with Gasteiger partial charge in [-0.05, 0) is 12.1 Å². The van der Waals surface area contributed by atoms with E-state index in [1.54, 1.807) is 10.7 Å². The average molecular weight is 283 g/mol. The minimum atomic E-state index is -0.244. The third-order valence-corrected chi connectivity index (χ3v) is 3.68. The lowest BCUT2D eigenvalue weighted by molar-refractivity contribution is 0.879. The molecule has 0 saturated heterocycles. The Morgan fingerprint density at radius 3 is 3.10 bits per heavy atom. The summed E-state index contributed by atoms with van der Waals surface area (Å²) in [4.78, 5) is 18.5. The van der Waals surface area contributed by atoms with Crippen molar-refractivity contribution >= 4 is 17.4 Å². The van der Waals surface area contributed by atoms with Crippen molar-refractivity contribution in [2.45, 2.75) is 10.8 Å². The van der Waals surface area contributed by atoms with Gasteiger partial charge in [0.25, 0.3) is 5.56 Å². The number of nitrogens with one attached hydrogen (secondary N) is 1. The first kappa shape index (κ1) is 12.4. The molecule has 6 nitrogen and oxygen atoms in total. The number of fused-ring (bicyclic) bond motifs is 1. The second kappa shape index (κ2) is 5.19. The lowest BCUT2D eigenvalue weighted by Gasteiger charge is -2.03. The van der Waals surface area contributed by atoms with Gasteiger partial charge in [0.2, 0.25) is 0 Å². The number of H-pyrrole nitrogens is 1. The predicted octanol–water partition coefficient (Wildman–Crippen LogP) is 1.58. The minimum absolute atomic E-state index is 0.244. The smallest absolute Gasteiger partial charge is 0.251 e. The number of rotatable bonds is 3. The molecule has 0 unspecified atom stereocenters. The quantitative estimate of drug-likeness (QED) is 0.737. The van der Waals surface area contributed by atoms with Crippen LogP contribution in [-0.4, -0.2) is 19.6 Å². The van der Waals surface area contributed by atoms with Gasteiger partial charge in [0.15, 0.2) is 5.65 Å². The van der Waals surface area contributed by atoms with Gasteiger partial charge in [0, 0.05) is 18.0 Å². The van der Waals surface area contributed by atoms with Crippen LogP contribution in [0.15, 0.2) is 46.5 Å². The molecule has 0 fully saturated rings. The molecule has 98 valence electrons. The van der Waals surface area contributed by atoms with E-state index in [1.807, 2.05) is 24.3 Å². The summed E-state index contributed by atoms with van der Waals surface area (Å²) in [6, 6.07) is 9.15. The molecule has 20 heavy (non-hydrogen) atoms. The number of aromatic amines is 1. The molecule has 0 radical (unpaired) electrons. The second-order valence-electron chi connectivity index (χ2n) is 4.01. The highest BCUT2D eigenvalue weighted by molar-refractivity contribution is 7.98. The molecule has 0 amide bonds. The lowest BCUT2D eigenvalue weighted by atomic mass is 10.3. The molecule has 3 aromatic rings. The topological polar surface area (TPSA) is 86.8 Å². The van der Waals surface area contributed by atoms with E-state index in [4.69, 9.17) is 5.26 Å². The number of aromatic nitrogens is 4. The van der Waals surface area contributed by atoms with Gasteiger partial charge in [-0.3, -0.25) is 4.79 Å². The maximum absolute atomic E-state index is 11.7. The summed E-state index contributed by atoms with van der Waals surface area (Å²) < 4.78 is 1.58. The second-order valence-corrected chi connectivity index (χ2v) is 5.01. The Morgan fingerprint density at radius 1 is 1.45 bits per heavy atom. The normalized spacial score (nSPS) is 10.6. The van der Waals surface area contributed by atoms with E-state index in [9.17, 15) is 4.79 Å². The van der Waals surface area contributed by atoms with Gasteiger partial charge < -0.3 is 4.98 Å². The lowest BCUT2D eigenvalue weighted by Crippen LogP contribution is -2.11. The van der Waals surface area contributed by atoms with Gasteiger partial charge in [-0.2, -0.15) is 10.4 Å². The summed E-state index contributed by atoms with van der Waals surface area (Å²) in [7, 11) is 0. The highest BCUT2D eigenvalue weighted by atomic mass is 32.2. The molecule has 0 aromatic carbocycles. The van der Waals surface area contributed by atoms with E-state index < -0.39 is 0 Å². The van der Waals surface area contributed by atoms with E-state index in [2.05, 4.69) is 15.1 Å². The van der Waals surface area contributed by atoms with Gasteiger partial charge in [-0.1, -0.05) is 6.07 Å². The first-order chi connectivity index (χ1) is 9.78. The molecule has 0 atom stereocenters. The van der Waals surface area contributed by atoms with E-state index in [0.717, 1.165) is 10.7 Å². The molecule has 0 aliphatic heterocycles. The van der Waals surface area contributed by atoms with E-state index in [0.29, 0.717) is 17.0 Å². The van der Waals surface area contributed by atoms with Crippen molar-refractivity contribution in [3.63, 3.8) is 0 Å². The average Bonchev–Trinajstić information content (AvgIpc) is 2.88. The molecule has 3 rings (SSSR count). The molecule has 3 aromatic heterocycles. The van der Waals surface area contributed by atoms with E-state index in [-0.39, 0.29) is 5.56 Å². The zero-order chi connectivity index (χ0) is 13.9. The van der Waals surface area contributed by atoms with Crippen LogP contribution in [0.1, 0.15) is 11.3 Å². The van der Waals surface area contributed by atoms with Gasteiger partial charge in [-0.25, -0.2) is 9.50 Å².